The topological polar surface area (TPSA) is 52.6 Å². The predicted octanol–water partition coefficient (Wildman–Crippen LogP) is 1.53. The summed E-state index contributed by atoms with van der Waals surface area (Å²) in [6.45, 7) is 0.990. The second kappa shape index (κ2) is 3.90. The molecule has 0 radical (unpaired) electrons. The molecule has 0 spiro atoms. The smallest absolute Gasteiger partial charge is 0.236 e. The van der Waals surface area contributed by atoms with Gasteiger partial charge in [0.15, 0.2) is 11.5 Å². The second-order valence-corrected chi connectivity index (χ2v) is 5.94. The third kappa shape index (κ3) is 2.76. The first-order valence-electron chi connectivity index (χ1n) is 4.35. The maximum Gasteiger partial charge on any atom is 0.236 e. The Hall–Kier alpha value is -0.940. The Kier molecular flexibility index (Phi) is 2.75. The van der Waals surface area contributed by atoms with Crippen LogP contribution in [-0.2, 0) is 14.8 Å². The van der Waals surface area contributed by atoms with Crippen LogP contribution in [-0.4, -0.2) is 21.6 Å². The van der Waals surface area contributed by atoms with Gasteiger partial charge in [-0.3, -0.25) is 0 Å². The van der Waals surface area contributed by atoms with Crippen LogP contribution in [0.1, 0.15) is 5.56 Å². The third-order valence-corrected chi connectivity index (χ3v) is 2.95. The van der Waals surface area contributed by atoms with Gasteiger partial charge < -0.3 is 9.47 Å². The molecule has 0 bridgehead atoms. The van der Waals surface area contributed by atoms with Gasteiger partial charge in [-0.05, 0) is 17.7 Å². The Morgan fingerprint density at radius 2 is 1.87 bits per heavy atom. The monoisotopic (exact) mass is 248 g/mol. The van der Waals surface area contributed by atoms with Crippen molar-refractivity contribution in [1.82, 2.24) is 0 Å². The second-order valence-electron chi connectivity index (χ2n) is 3.16. The summed E-state index contributed by atoms with van der Waals surface area (Å²) in [5.74, 6) is 1.00. The number of hydrogen-bond acceptors (Lipinski definition) is 4. The lowest BCUT2D eigenvalue weighted by atomic mass is 10.2. The predicted molar refractivity (Wildman–Crippen MR) is 55.9 cm³/mol. The Bertz CT molecular complexity index is 469. The molecular weight excluding hydrogens is 240 g/mol. The summed E-state index contributed by atoms with van der Waals surface area (Å²) < 4.78 is 32.3. The van der Waals surface area contributed by atoms with Gasteiger partial charge in [0, 0.05) is 10.7 Å². The van der Waals surface area contributed by atoms with Crippen molar-refractivity contribution < 1.29 is 17.9 Å². The van der Waals surface area contributed by atoms with Crippen LogP contribution in [0.2, 0.25) is 0 Å². The number of ether oxygens (including phenoxy) is 2. The molecule has 0 N–H and O–H groups in total. The molecule has 1 heterocycles. The van der Waals surface area contributed by atoms with Crippen molar-refractivity contribution in [2.45, 2.75) is 5.75 Å². The molecule has 0 fully saturated rings. The van der Waals surface area contributed by atoms with Crippen molar-refractivity contribution in [1.29, 1.82) is 0 Å². The fourth-order valence-corrected chi connectivity index (χ4v) is 2.33. The molecule has 1 aromatic rings. The summed E-state index contributed by atoms with van der Waals surface area (Å²) in [5, 5.41) is 0. The van der Waals surface area contributed by atoms with Crippen molar-refractivity contribution in [2.24, 2.45) is 0 Å². The van der Waals surface area contributed by atoms with E-state index in [2.05, 4.69) is 0 Å². The molecule has 1 aromatic carbocycles. The maximum absolute atomic E-state index is 10.9. The van der Waals surface area contributed by atoms with Gasteiger partial charge in [0.25, 0.3) is 0 Å². The molecule has 0 saturated heterocycles. The van der Waals surface area contributed by atoms with Gasteiger partial charge in [0.2, 0.25) is 9.05 Å². The van der Waals surface area contributed by atoms with Gasteiger partial charge in [-0.25, -0.2) is 8.42 Å². The van der Waals surface area contributed by atoms with Gasteiger partial charge in [0.05, 0.1) is 5.75 Å². The highest BCUT2D eigenvalue weighted by atomic mass is 35.7. The van der Waals surface area contributed by atoms with E-state index in [9.17, 15) is 8.42 Å². The first-order chi connectivity index (χ1) is 7.04. The molecule has 0 unspecified atom stereocenters. The zero-order chi connectivity index (χ0) is 10.9. The van der Waals surface area contributed by atoms with E-state index in [1.54, 1.807) is 18.2 Å². The van der Waals surface area contributed by atoms with Crippen LogP contribution in [0.5, 0.6) is 11.5 Å². The molecule has 6 heteroatoms. The van der Waals surface area contributed by atoms with Crippen LogP contribution >= 0.6 is 10.7 Å². The largest absolute Gasteiger partial charge is 0.486 e. The average molecular weight is 249 g/mol. The molecule has 0 aromatic heterocycles. The van der Waals surface area contributed by atoms with E-state index in [0.29, 0.717) is 30.3 Å². The van der Waals surface area contributed by atoms with E-state index in [0.717, 1.165) is 0 Å². The highest BCUT2D eigenvalue weighted by Crippen LogP contribution is 2.31. The summed E-state index contributed by atoms with van der Waals surface area (Å²) in [6.07, 6.45) is 0. The van der Waals surface area contributed by atoms with Crippen LogP contribution in [0, 0.1) is 0 Å². The molecule has 0 saturated carbocycles. The normalized spacial score (nSPS) is 15.0. The van der Waals surface area contributed by atoms with E-state index in [-0.39, 0.29) is 5.75 Å². The Labute approximate surface area is 92.2 Å². The van der Waals surface area contributed by atoms with E-state index in [1.807, 2.05) is 0 Å². The molecular formula is C9H9ClO4S. The molecule has 1 aliphatic heterocycles. The Morgan fingerprint density at radius 1 is 1.20 bits per heavy atom. The van der Waals surface area contributed by atoms with Crippen LogP contribution in [0.15, 0.2) is 18.2 Å². The Balaban J connectivity index is 2.28. The number of benzene rings is 1. The van der Waals surface area contributed by atoms with Gasteiger partial charge in [-0.15, -0.1) is 0 Å². The number of hydrogen-bond donors (Lipinski definition) is 0. The zero-order valence-corrected chi connectivity index (χ0v) is 9.35. The highest BCUT2D eigenvalue weighted by molar-refractivity contribution is 8.13. The van der Waals surface area contributed by atoms with Crippen LogP contribution < -0.4 is 9.47 Å². The fourth-order valence-electron chi connectivity index (χ4n) is 1.38. The molecule has 0 aliphatic carbocycles. The van der Waals surface area contributed by atoms with Crippen LogP contribution in [0.4, 0.5) is 0 Å². The summed E-state index contributed by atoms with van der Waals surface area (Å²) in [7, 11) is 1.62. The summed E-state index contributed by atoms with van der Waals surface area (Å²) >= 11 is 0. The third-order valence-electron chi connectivity index (χ3n) is 1.95. The highest BCUT2D eigenvalue weighted by Gasteiger charge is 2.14. The number of rotatable bonds is 2. The minimum absolute atomic E-state index is 0.203. The fraction of sp³-hybridized carbons (Fsp3) is 0.333. The summed E-state index contributed by atoms with van der Waals surface area (Å²) in [6, 6.07) is 4.98. The molecule has 82 valence electrons. The minimum atomic E-state index is -3.53. The lowest BCUT2D eigenvalue weighted by Crippen LogP contribution is -2.15. The van der Waals surface area contributed by atoms with Crippen molar-refractivity contribution >= 4 is 19.7 Å². The first-order valence-corrected chi connectivity index (χ1v) is 6.83. The molecule has 0 atom stereocenters. The van der Waals surface area contributed by atoms with Crippen molar-refractivity contribution in [3.63, 3.8) is 0 Å². The maximum atomic E-state index is 10.9. The number of fused-ring (bicyclic) bond motifs is 1. The van der Waals surface area contributed by atoms with Gasteiger partial charge in [-0.1, -0.05) is 6.07 Å². The standard InChI is InChI=1S/C9H9ClO4S/c10-15(11,12)6-7-1-2-8-9(5-7)14-4-3-13-8/h1-2,5H,3-4,6H2. The van der Waals surface area contributed by atoms with Crippen LogP contribution in [0.3, 0.4) is 0 Å². The zero-order valence-electron chi connectivity index (χ0n) is 7.77. The number of halogens is 1. The molecule has 15 heavy (non-hydrogen) atoms. The lowest BCUT2D eigenvalue weighted by Gasteiger charge is -2.18. The Morgan fingerprint density at radius 3 is 2.53 bits per heavy atom. The van der Waals surface area contributed by atoms with Crippen molar-refractivity contribution in [3.05, 3.63) is 23.8 Å². The summed E-state index contributed by atoms with van der Waals surface area (Å²) in [4.78, 5) is 0. The van der Waals surface area contributed by atoms with Crippen molar-refractivity contribution in [2.75, 3.05) is 13.2 Å². The lowest BCUT2D eigenvalue weighted by molar-refractivity contribution is 0.171. The molecule has 0 amide bonds. The van der Waals surface area contributed by atoms with Gasteiger partial charge >= 0.3 is 0 Å². The van der Waals surface area contributed by atoms with Crippen molar-refractivity contribution in [3.8, 4) is 11.5 Å². The van der Waals surface area contributed by atoms with Crippen LogP contribution in [0.25, 0.3) is 0 Å². The SMILES string of the molecule is O=S(=O)(Cl)Cc1ccc2c(c1)OCCO2. The first kappa shape index (κ1) is 10.6. The van der Waals surface area contributed by atoms with E-state index >= 15 is 0 Å². The van der Waals surface area contributed by atoms with E-state index in [4.69, 9.17) is 20.2 Å². The molecule has 2 rings (SSSR count). The quantitative estimate of drug-likeness (QED) is 0.745. The molecule has 1 aliphatic rings. The summed E-state index contributed by atoms with van der Waals surface area (Å²) in [5.41, 5.74) is 0.592. The van der Waals surface area contributed by atoms with E-state index < -0.39 is 9.05 Å². The van der Waals surface area contributed by atoms with Gasteiger partial charge in [-0.2, -0.15) is 0 Å². The minimum Gasteiger partial charge on any atom is -0.486 e. The average Bonchev–Trinajstić information content (AvgIpc) is 2.15. The molecule has 4 nitrogen and oxygen atoms in total. The van der Waals surface area contributed by atoms with Gasteiger partial charge in [0.1, 0.15) is 13.2 Å². The van der Waals surface area contributed by atoms with E-state index in [1.165, 1.54) is 0 Å².